The summed E-state index contributed by atoms with van der Waals surface area (Å²) in [6.45, 7) is 4.70. The first-order valence-electron chi connectivity index (χ1n) is 10.6. The van der Waals surface area contributed by atoms with Crippen LogP contribution in [0.3, 0.4) is 0 Å². The van der Waals surface area contributed by atoms with Crippen molar-refractivity contribution in [2.75, 3.05) is 26.7 Å². The van der Waals surface area contributed by atoms with Crippen molar-refractivity contribution in [2.45, 2.75) is 63.8 Å². The minimum absolute atomic E-state index is 0.694. The Labute approximate surface area is 162 Å². The van der Waals surface area contributed by atoms with E-state index in [1.807, 2.05) is 0 Å². The summed E-state index contributed by atoms with van der Waals surface area (Å²) in [5.41, 5.74) is 1.46. The third-order valence-electron chi connectivity index (χ3n) is 6.24. The Hall–Kier alpha value is -1.88. The van der Waals surface area contributed by atoms with Crippen molar-refractivity contribution in [2.24, 2.45) is 0 Å². The van der Waals surface area contributed by atoms with Crippen LogP contribution in [0.1, 0.15) is 61.7 Å². The number of nitrogens with zero attached hydrogens (tertiary/aromatic N) is 4. The van der Waals surface area contributed by atoms with Gasteiger partial charge in [0, 0.05) is 19.4 Å². The van der Waals surface area contributed by atoms with Crippen molar-refractivity contribution in [1.29, 1.82) is 0 Å². The summed E-state index contributed by atoms with van der Waals surface area (Å²) in [6, 6.07) is 8.64. The van der Waals surface area contributed by atoms with Gasteiger partial charge in [0.2, 0.25) is 0 Å². The first-order chi connectivity index (χ1) is 13.3. The van der Waals surface area contributed by atoms with Crippen LogP contribution in [0.15, 0.2) is 24.3 Å². The summed E-state index contributed by atoms with van der Waals surface area (Å²) in [5.74, 6) is 4.06. The van der Waals surface area contributed by atoms with Crippen molar-refractivity contribution in [3.63, 3.8) is 0 Å². The van der Waals surface area contributed by atoms with Crippen LogP contribution in [0.25, 0.3) is 0 Å². The molecule has 0 atom stereocenters. The second-order valence-corrected chi connectivity index (χ2v) is 7.99. The zero-order valence-corrected chi connectivity index (χ0v) is 16.6. The molecule has 3 heterocycles. The van der Waals surface area contributed by atoms with E-state index >= 15 is 0 Å². The summed E-state index contributed by atoms with van der Waals surface area (Å²) < 4.78 is 7.66. The average molecular weight is 369 g/mol. The Bertz CT molecular complexity index is 716. The Kier molecular flexibility index (Phi) is 6.07. The lowest BCUT2D eigenvalue weighted by molar-refractivity contribution is 0.209. The fourth-order valence-electron chi connectivity index (χ4n) is 4.56. The van der Waals surface area contributed by atoms with Crippen LogP contribution in [-0.2, 0) is 19.4 Å². The second kappa shape index (κ2) is 8.87. The Morgan fingerprint density at radius 2 is 1.81 bits per heavy atom. The molecule has 0 bridgehead atoms. The number of aromatic nitrogens is 3. The van der Waals surface area contributed by atoms with Crippen molar-refractivity contribution < 1.29 is 4.74 Å². The molecule has 0 N–H and O–H groups in total. The highest BCUT2D eigenvalue weighted by Gasteiger charge is 2.21. The first-order valence-corrected chi connectivity index (χ1v) is 10.6. The number of benzene rings is 1. The second-order valence-electron chi connectivity index (χ2n) is 7.99. The van der Waals surface area contributed by atoms with Crippen LogP contribution in [0, 0.1) is 0 Å². The summed E-state index contributed by atoms with van der Waals surface area (Å²) in [5, 5.41) is 8.90. The molecule has 0 radical (unpaired) electrons. The third kappa shape index (κ3) is 4.52. The molecular formula is C22H32N4O. The highest BCUT2D eigenvalue weighted by Crippen LogP contribution is 2.29. The SMILES string of the molecule is COc1ccc(C2CCN(CCCc3nnc4n3CCCCC4)CC2)cc1. The Morgan fingerprint density at radius 1 is 1.00 bits per heavy atom. The Balaban J connectivity index is 1.22. The van der Waals surface area contributed by atoms with Crippen LogP contribution < -0.4 is 4.74 Å². The fourth-order valence-corrected chi connectivity index (χ4v) is 4.56. The molecule has 2 aliphatic rings. The normalized spacial score (nSPS) is 18.9. The Morgan fingerprint density at radius 3 is 2.59 bits per heavy atom. The highest BCUT2D eigenvalue weighted by atomic mass is 16.5. The van der Waals surface area contributed by atoms with Gasteiger partial charge in [0.1, 0.15) is 17.4 Å². The molecule has 4 rings (SSSR count). The number of hydrogen-bond acceptors (Lipinski definition) is 4. The minimum atomic E-state index is 0.694. The predicted octanol–water partition coefficient (Wildman–Crippen LogP) is 3.83. The van der Waals surface area contributed by atoms with Crippen LogP contribution in [0.2, 0.25) is 0 Å². The fraction of sp³-hybridized carbons (Fsp3) is 0.636. The molecule has 0 aliphatic carbocycles. The van der Waals surface area contributed by atoms with Crippen molar-refractivity contribution in [3.8, 4) is 5.75 Å². The van der Waals surface area contributed by atoms with Crippen LogP contribution in [0.5, 0.6) is 5.75 Å². The maximum Gasteiger partial charge on any atom is 0.133 e. The van der Waals surface area contributed by atoms with Gasteiger partial charge in [-0.2, -0.15) is 0 Å². The van der Waals surface area contributed by atoms with Crippen LogP contribution in [-0.4, -0.2) is 46.4 Å². The lowest BCUT2D eigenvalue weighted by Gasteiger charge is -2.32. The number of fused-ring (bicyclic) bond motifs is 1. The molecule has 2 aliphatic heterocycles. The van der Waals surface area contributed by atoms with E-state index in [-0.39, 0.29) is 0 Å². The lowest BCUT2D eigenvalue weighted by atomic mass is 9.89. The van der Waals surface area contributed by atoms with Crippen molar-refractivity contribution in [3.05, 3.63) is 41.5 Å². The van der Waals surface area contributed by atoms with Gasteiger partial charge in [0.05, 0.1) is 7.11 Å². The third-order valence-corrected chi connectivity index (χ3v) is 6.24. The van der Waals surface area contributed by atoms with E-state index in [2.05, 4.69) is 43.9 Å². The maximum absolute atomic E-state index is 5.27. The van der Waals surface area contributed by atoms with E-state index in [4.69, 9.17) is 4.74 Å². The number of methoxy groups -OCH3 is 1. The largest absolute Gasteiger partial charge is 0.497 e. The molecule has 1 saturated heterocycles. The lowest BCUT2D eigenvalue weighted by Crippen LogP contribution is -2.34. The predicted molar refractivity (Wildman–Crippen MR) is 107 cm³/mol. The minimum Gasteiger partial charge on any atom is -0.497 e. The van der Waals surface area contributed by atoms with Gasteiger partial charge >= 0.3 is 0 Å². The number of piperidine rings is 1. The molecule has 1 aromatic carbocycles. The van der Waals surface area contributed by atoms with Crippen molar-refractivity contribution in [1.82, 2.24) is 19.7 Å². The van der Waals surface area contributed by atoms with Crippen LogP contribution in [0.4, 0.5) is 0 Å². The average Bonchev–Trinajstić information content (AvgIpc) is 2.95. The molecule has 0 saturated carbocycles. The molecule has 27 heavy (non-hydrogen) atoms. The molecule has 1 aromatic heterocycles. The quantitative estimate of drug-likeness (QED) is 0.777. The molecule has 0 unspecified atom stereocenters. The summed E-state index contributed by atoms with van der Waals surface area (Å²) in [6.07, 6.45) is 9.73. The van der Waals surface area contributed by atoms with Crippen LogP contribution >= 0.6 is 0 Å². The van der Waals surface area contributed by atoms with E-state index in [1.165, 1.54) is 75.4 Å². The van der Waals surface area contributed by atoms with E-state index in [0.717, 1.165) is 25.1 Å². The van der Waals surface area contributed by atoms with E-state index in [0.29, 0.717) is 5.92 Å². The number of ether oxygens (including phenoxy) is 1. The first kappa shape index (κ1) is 18.5. The van der Waals surface area contributed by atoms with E-state index in [1.54, 1.807) is 7.11 Å². The van der Waals surface area contributed by atoms with Gasteiger partial charge in [-0.25, -0.2) is 0 Å². The molecule has 5 nitrogen and oxygen atoms in total. The summed E-state index contributed by atoms with van der Waals surface area (Å²) in [4.78, 5) is 2.62. The van der Waals surface area contributed by atoms with E-state index in [9.17, 15) is 0 Å². The number of hydrogen-bond donors (Lipinski definition) is 0. The number of rotatable bonds is 6. The van der Waals surface area contributed by atoms with Gasteiger partial charge in [0.15, 0.2) is 0 Å². The molecule has 0 spiro atoms. The van der Waals surface area contributed by atoms with Crippen molar-refractivity contribution >= 4 is 0 Å². The molecule has 146 valence electrons. The standard InChI is InChI=1S/C22H32N4O/c1-27-20-10-8-18(9-11-20)19-12-16-25(17-13-19)14-5-7-22-24-23-21-6-3-2-4-15-26(21)22/h8-11,19H,2-7,12-17H2,1H3. The van der Waals surface area contributed by atoms with E-state index < -0.39 is 0 Å². The molecule has 5 heteroatoms. The topological polar surface area (TPSA) is 43.2 Å². The smallest absolute Gasteiger partial charge is 0.133 e. The molecular weight excluding hydrogens is 336 g/mol. The molecule has 2 aromatic rings. The highest BCUT2D eigenvalue weighted by molar-refractivity contribution is 5.29. The zero-order chi connectivity index (χ0) is 18.5. The zero-order valence-electron chi connectivity index (χ0n) is 16.6. The van der Waals surface area contributed by atoms with Gasteiger partial charge in [0.25, 0.3) is 0 Å². The molecule has 0 amide bonds. The molecule has 1 fully saturated rings. The van der Waals surface area contributed by atoms with Gasteiger partial charge in [-0.1, -0.05) is 18.6 Å². The number of aryl methyl sites for hydroxylation is 2. The monoisotopic (exact) mass is 368 g/mol. The van der Waals surface area contributed by atoms with Gasteiger partial charge < -0.3 is 14.2 Å². The van der Waals surface area contributed by atoms with Gasteiger partial charge in [-0.15, -0.1) is 10.2 Å². The summed E-state index contributed by atoms with van der Waals surface area (Å²) >= 11 is 0. The van der Waals surface area contributed by atoms with Gasteiger partial charge in [-0.3, -0.25) is 0 Å². The summed E-state index contributed by atoms with van der Waals surface area (Å²) in [7, 11) is 1.73. The van der Waals surface area contributed by atoms with Gasteiger partial charge in [-0.05, 0) is 75.4 Å². The maximum atomic E-state index is 5.27. The number of likely N-dealkylation sites (tertiary alicyclic amines) is 1.